The van der Waals surface area contributed by atoms with E-state index in [2.05, 4.69) is 0 Å². The molecule has 6 heteroatoms. The molecule has 1 amide bonds. The Morgan fingerprint density at radius 1 is 1.19 bits per heavy atom. The third kappa shape index (κ3) is 4.46. The van der Waals surface area contributed by atoms with Gasteiger partial charge in [0.25, 0.3) is 0 Å². The zero-order valence-electron chi connectivity index (χ0n) is 15.1. The zero-order chi connectivity index (χ0) is 19.3. The van der Waals surface area contributed by atoms with E-state index in [0.29, 0.717) is 29.5 Å². The van der Waals surface area contributed by atoms with Gasteiger partial charge in [-0.25, -0.2) is 4.39 Å². The molecule has 0 spiro atoms. The molecule has 0 fully saturated rings. The number of rotatable bonds is 8. The van der Waals surface area contributed by atoms with Gasteiger partial charge in [0, 0.05) is 5.56 Å². The minimum absolute atomic E-state index is 0.257. The van der Waals surface area contributed by atoms with E-state index in [0.717, 1.165) is 6.54 Å². The lowest BCUT2D eigenvalue weighted by molar-refractivity contribution is 0.0640. The number of nitrogens with zero attached hydrogens (tertiary/aromatic N) is 1. The molecule has 0 aliphatic heterocycles. The van der Waals surface area contributed by atoms with E-state index in [1.807, 2.05) is 19.0 Å². The molecule has 0 aliphatic rings. The van der Waals surface area contributed by atoms with Crippen LogP contribution in [0, 0.1) is 5.82 Å². The van der Waals surface area contributed by atoms with Gasteiger partial charge in [-0.3, -0.25) is 4.79 Å². The molecular weight excluding hydrogens is 335 g/mol. The smallest absolute Gasteiger partial charge is 0.248 e. The van der Waals surface area contributed by atoms with Crippen molar-refractivity contribution >= 4 is 5.91 Å². The number of aliphatic hydroxyl groups is 2. The SMILES string of the molecule is CN(C)CCCC(O)(c1ccc(F)cc1)c1ccc(C(N)=O)cc1CO. The van der Waals surface area contributed by atoms with Crippen molar-refractivity contribution < 1.29 is 19.4 Å². The molecule has 0 bridgehead atoms. The van der Waals surface area contributed by atoms with Crippen molar-refractivity contribution in [2.45, 2.75) is 25.0 Å². The molecular formula is C20H25FN2O3. The minimum atomic E-state index is -1.42. The van der Waals surface area contributed by atoms with Gasteiger partial charge in [-0.15, -0.1) is 0 Å². The predicted molar refractivity (Wildman–Crippen MR) is 98.1 cm³/mol. The number of aliphatic hydroxyl groups excluding tert-OH is 1. The third-order valence-electron chi connectivity index (χ3n) is 4.47. The van der Waals surface area contributed by atoms with Gasteiger partial charge in [0.2, 0.25) is 5.91 Å². The van der Waals surface area contributed by atoms with Gasteiger partial charge in [0.15, 0.2) is 0 Å². The normalized spacial score (nSPS) is 13.6. The van der Waals surface area contributed by atoms with Crippen LogP contribution >= 0.6 is 0 Å². The van der Waals surface area contributed by atoms with Crippen molar-refractivity contribution in [3.05, 3.63) is 70.5 Å². The van der Waals surface area contributed by atoms with E-state index >= 15 is 0 Å². The Kier molecular flexibility index (Phi) is 6.47. The van der Waals surface area contributed by atoms with Crippen LogP contribution < -0.4 is 5.73 Å². The summed E-state index contributed by atoms with van der Waals surface area (Å²) in [6.45, 7) is 0.408. The summed E-state index contributed by atoms with van der Waals surface area (Å²) in [6, 6.07) is 10.3. The summed E-state index contributed by atoms with van der Waals surface area (Å²) in [5.74, 6) is -1.000. The van der Waals surface area contributed by atoms with Crippen LogP contribution in [0.25, 0.3) is 0 Å². The maximum Gasteiger partial charge on any atom is 0.248 e. The van der Waals surface area contributed by atoms with Gasteiger partial charge >= 0.3 is 0 Å². The summed E-state index contributed by atoms with van der Waals surface area (Å²) in [6.07, 6.45) is 1.06. The van der Waals surface area contributed by atoms with Crippen LogP contribution in [0.1, 0.15) is 39.9 Å². The summed E-state index contributed by atoms with van der Waals surface area (Å²) in [5.41, 5.74) is 5.57. The first-order chi connectivity index (χ1) is 12.3. The molecule has 0 aromatic heterocycles. The molecule has 26 heavy (non-hydrogen) atoms. The minimum Gasteiger partial charge on any atom is -0.392 e. The number of carbonyl (C=O) groups excluding carboxylic acids is 1. The molecule has 2 aromatic rings. The lowest BCUT2D eigenvalue weighted by Crippen LogP contribution is -2.30. The number of primary amides is 1. The molecule has 0 radical (unpaired) electrons. The largest absolute Gasteiger partial charge is 0.392 e. The topological polar surface area (TPSA) is 86.8 Å². The second-order valence-electron chi connectivity index (χ2n) is 6.67. The molecule has 4 N–H and O–H groups in total. The van der Waals surface area contributed by atoms with Crippen molar-refractivity contribution in [3.63, 3.8) is 0 Å². The molecule has 0 heterocycles. The fourth-order valence-corrected chi connectivity index (χ4v) is 3.09. The molecule has 2 aromatic carbocycles. The highest BCUT2D eigenvalue weighted by molar-refractivity contribution is 5.93. The Morgan fingerprint density at radius 3 is 2.38 bits per heavy atom. The highest BCUT2D eigenvalue weighted by Crippen LogP contribution is 2.36. The lowest BCUT2D eigenvalue weighted by Gasteiger charge is -2.32. The Balaban J connectivity index is 2.52. The van der Waals surface area contributed by atoms with E-state index in [1.54, 1.807) is 6.07 Å². The maximum atomic E-state index is 13.3. The predicted octanol–water partition coefficient (Wildman–Crippen LogP) is 1.99. The quantitative estimate of drug-likeness (QED) is 0.672. The molecule has 2 rings (SSSR count). The molecule has 140 valence electrons. The number of halogens is 1. The van der Waals surface area contributed by atoms with Crippen LogP contribution in [-0.4, -0.2) is 41.7 Å². The highest BCUT2D eigenvalue weighted by Gasteiger charge is 2.33. The van der Waals surface area contributed by atoms with Crippen molar-refractivity contribution in [1.29, 1.82) is 0 Å². The zero-order valence-corrected chi connectivity index (χ0v) is 15.1. The van der Waals surface area contributed by atoms with E-state index in [-0.39, 0.29) is 12.2 Å². The van der Waals surface area contributed by atoms with Gasteiger partial charge in [0.1, 0.15) is 11.4 Å². The number of hydrogen-bond acceptors (Lipinski definition) is 4. The standard InChI is InChI=1S/C20H25FN2O3/c1-23(2)11-3-10-20(26,16-5-7-17(21)8-6-16)18-9-4-14(19(22)25)12-15(18)13-24/h4-9,12,24,26H,3,10-11,13H2,1-2H3,(H2,22,25). The van der Waals surface area contributed by atoms with Crippen LogP contribution in [-0.2, 0) is 12.2 Å². The second-order valence-corrected chi connectivity index (χ2v) is 6.67. The molecule has 5 nitrogen and oxygen atoms in total. The Hall–Kier alpha value is -2.28. The van der Waals surface area contributed by atoms with Crippen LogP contribution in [0.4, 0.5) is 4.39 Å². The summed E-state index contributed by atoms with van der Waals surface area (Å²) >= 11 is 0. The summed E-state index contributed by atoms with van der Waals surface area (Å²) in [4.78, 5) is 13.4. The fourth-order valence-electron chi connectivity index (χ4n) is 3.09. The van der Waals surface area contributed by atoms with Gasteiger partial charge in [0.05, 0.1) is 6.61 Å². The van der Waals surface area contributed by atoms with E-state index in [9.17, 15) is 19.4 Å². The number of nitrogens with two attached hydrogens (primary N) is 1. The third-order valence-corrected chi connectivity index (χ3v) is 4.47. The van der Waals surface area contributed by atoms with Crippen molar-refractivity contribution in [1.82, 2.24) is 4.90 Å². The average Bonchev–Trinajstić information content (AvgIpc) is 2.61. The molecule has 0 saturated heterocycles. The van der Waals surface area contributed by atoms with Crippen LogP contribution in [0.3, 0.4) is 0 Å². The Morgan fingerprint density at radius 2 is 1.85 bits per heavy atom. The van der Waals surface area contributed by atoms with E-state index in [4.69, 9.17) is 5.73 Å². The first kappa shape index (κ1) is 20.0. The number of benzene rings is 2. The number of amides is 1. The molecule has 1 unspecified atom stereocenters. The second kappa shape index (κ2) is 8.40. The van der Waals surface area contributed by atoms with Gasteiger partial charge in [-0.2, -0.15) is 0 Å². The number of hydrogen-bond donors (Lipinski definition) is 3. The molecule has 0 saturated carbocycles. The summed E-state index contributed by atoms with van der Waals surface area (Å²) < 4.78 is 13.3. The number of carbonyl (C=O) groups is 1. The fraction of sp³-hybridized carbons (Fsp3) is 0.350. The van der Waals surface area contributed by atoms with Crippen LogP contribution in [0.2, 0.25) is 0 Å². The summed E-state index contributed by atoms with van der Waals surface area (Å²) in [5, 5.41) is 21.3. The Bertz CT molecular complexity index is 762. The van der Waals surface area contributed by atoms with E-state index < -0.39 is 17.3 Å². The summed E-state index contributed by atoms with van der Waals surface area (Å²) in [7, 11) is 3.88. The molecule has 1 atom stereocenters. The van der Waals surface area contributed by atoms with Crippen molar-refractivity contribution in [3.8, 4) is 0 Å². The van der Waals surface area contributed by atoms with Crippen molar-refractivity contribution in [2.24, 2.45) is 5.73 Å². The van der Waals surface area contributed by atoms with Crippen molar-refractivity contribution in [2.75, 3.05) is 20.6 Å². The van der Waals surface area contributed by atoms with Crippen LogP contribution in [0.5, 0.6) is 0 Å². The monoisotopic (exact) mass is 360 g/mol. The van der Waals surface area contributed by atoms with Gasteiger partial charge in [-0.1, -0.05) is 18.2 Å². The molecule has 0 aliphatic carbocycles. The Labute approximate surface area is 152 Å². The first-order valence-electron chi connectivity index (χ1n) is 8.45. The van der Waals surface area contributed by atoms with Gasteiger partial charge < -0.3 is 20.8 Å². The maximum absolute atomic E-state index is 13.3. The van der Waals surface area contributed by atoms with Crippen LogP contribution in [0.15, 0.2) is 42.5 Å². The highest BCUT2D eigenvalue weighted by atomic mass is 19.1. The first-order valence-corrected chi connectivity index (χ1v) is 8.45. The lowest BCUT2D eigenvalue weighted by atomic mass is 9.80. The van der Waals surface area contributed by atoms with E-state index in [1.165, 1.54) is 36.4 Å². The van der Waals surface area contributed by atoms with Gasteiger partial charge in [-0.05, 0) is 74.4 Å². The average molecular weight is 360 g/mol.